The Hall–Kier alpha value is -4.91. The number of nitrogens with zero attached hydrogens (tertiary/aromatic N) is 1. The third-order valence-electron chi connectivity index (χ3n) is 8.19. The van der Waals surface area contributed by atoms with Crippen LogP contribution in [0.3, 0.4) is 0 Å². The maximum absolute atomic E-state index is 13.4. The molecule has 3 amide bonds. The van der Waals surface area contributed by atoms with Crippen molar-refractivity contribution in [3.8, 4) is 22.3 Å². The smallest absolute Gasteiger partial charge is 0.410 e. The Kier molecular flexibility index (Phi) is 10.5. The molecule has 0 saturated carbocycles. The first-order valence-electron chi connectivity index (χ1n) is 16.0. The first kappa shape index (κ1) is 32.5. The second kappa shape index (κ2) is 14.9. The number of ether oxygens (including phenoxy) is 1. The highest BCUT2D eigenvalue weighted by Crippen LogP contribution is 2.26. The van der Waals surface area contributed by atoms with Gasteiger partial charge in [0.1, 0.15) is 5.60 Å². The highest BCUT2D eigenvalue weighted by Gasteiger charge is 2.44. The summed E-state index contributed by atoms with van der Waals surface area (Å²) in [6, 6.07) is 37.0. The van der Waals surface area contributed by atoms with Gasteiger partial charge in [-0.2, -0.15) is 0 Å². The Balaban J connectivity index is 1.16. The molecule has 0 aliphatic carbocycles. The van der Waals surface area contributed by atoms with Crippen LogP contribution in [0.4, 0.5) is 4.79 Å². The van der Waals surface area contributed by atoms with Crippen molar-refractivity contribution in [1.82, 2.24) is 15.5 Å². The van der Waals surface area contributed by atoms with Gasteiger partial charge in [0.2, 0.25) is 11.8 Å². The third kappa shape index (κ3) is 8.84. The lowest BCUT2D eigenvalue weighted by molar-refractivity contribution is -0.132. The van der Waals surface area contributed by atoms with Crippen LogP contribution in [0.2, 0.25) is 0 Å². The molecule has 1 fully saturated rings. The Bertz CT molecular complexity index is 1490. The number of nitrogens with one attached hydrogen (secondary N) is 2. The molecule has 2 unspecified atom stereocenters. The van der Waals surface area contributed by atoms with Crippen LogP contribution in [0.15, 0.2) is 109 Å². The molecule has 7 heteroatoms. The van der Waals surface area contributed by atoms with E-state index in [0.717, 1.165) is 33.4 Å². The van der Waals surface area contributed by atoms with Gasteiger partial charge in [-0.3, -0.25) is 9.59 Å². The molecule has 1 aliphatic rings. The van der Waals surface area contributed by atoms with Crippen molar-refractivity contribution in [3.63, 3.8) is 0 Å². The number of amides is 3. The summed E-state index contributed by atoms with van der Waals surface area (Å²) in [5, 5.41) is 6.03. The van der Waals surface area contributed by atoms with E-state index >= 15 is 0 Å². The maximum atomic E-state index is 13.4. The standard InChI is InChI=1S/C39H43N3O4/c1-39(2,3)46-38(45)42-26-34(36(43)40-24-22-28-14-18-32(19-15-28)30-10-6-4-7-11-30)35(27-42)37(44)41-25-23-29-16-20-33(21-17-29)31-12-8-5-9-13-31/h4-21,34-35H,22-27H2,1-3H3,(H,40,43)(H,41,44). The van der Waals surface area contributed by atoms with Crippen LogP contribution < -0.4 is 10.6 Å². The van der Waals surface area contributed by atoms with Crippen molar-refractivity contribution in [1.29, 1.82) is 0 Å². The Morgan fingerprint density at radius 1 is 0.609 bits per heavy atom. The summed E-state index contributed by atoms with van der Waals surface area (Å²) >= 11 is 0. The lowest BCUT2D eigenvalue weighted by atomic mass is 9.94. The van der Waals surface area contributed by atoms with E-state index < -0.39 is 23.5 Å². The monoisotopic (exact) mass is 617 g/mol. The van der Waals surface area contributed by atoms with Crippen molar-refractivity contribution in [2.24, 2.45) is 11.8 Å². The van der Waals surface area contributed by atoms with E-state index in [-0.39, 0.29) is 24.9 Å². The molecule has 2 N–H and O–H groups in total. The SMILES string of the molecule is CC(C)(C)OC(=O)N1CC(C(=O)NCCc2ccc(-c3ccccc3)cc2)C(C(=O)NCCc2ccc(-c3ccccc3)cc2)C1. The zero-order valence-electron chi connectivity index (χ0n) is 26.9. The van der Waals surface area contributed by atoms with Crippen LogP contribution in [0.5, 0.6) is 0 Å². The van der Waals surface area contributed by atoms with Crippen molar-refractivity contribution in [2.45, 2.75) is 39.2 Å². The summed E-state index contributed by atoms with van der Waals surface area (Å²) in [6.45, 7) is 6.52. The van der Waals surface area contributed by atoms with Crippen LogP contribution in [-0.4, -0.2) is 54.6 Å². The molecular formula is C39H43N3O4. The van der Waals surface area contributed by atoms with Gasteiger partial charge >= 0.3 is 6.09 Å². The lowest BCUT2D eigenvalue weighted by Gasteiger charge is -2.24. The van der Waals surface area contributed by atoms with E-state index in [0.29, 0.717) is 25.9 Å². The third-order valence-corrected chi connectivity index (χ3v) is 8.19. The minimum Gasteiger partial charge on any atom is -0.444 e. The molecule has 46 heavy (non-hydrogen) atoms. The van der Waals surface area contributed by atoms with Gasteiger partial charge in [-0.05, 0) is 67.0 Å². The number of carbonyl (C=O) groups excluding carboxylic acids is 3. The van der Waals surface area contributed by atoms with E-state index in [2.05, 4.69) is 83.4 Å². The van der Waals surface area contributed by atoms with Gasteiger partial charge in [0, 0.05) is 26.2 Å². The summed E-state index contributed by atoms with van der Waals surface area (Å²) in [5.41, 5.74) is 6.12. The minimum absolute atomic E-state index is 0.131. The molecule has 0 radical (unpaired) electrons. The van der Waals surface area contributed by atoms with Crippen LogP contribution in [0.1, 0.15) is 31.9 Å². The molecule has 0 aromatic heterocycles. The van der Waals surface area contributed by atoms with Gasteiger partial charge in [0.25, 0.3) is 0 Å². The van der Waals surface area contributed by atoms with Gasteiger partial charge in [-0.1, -0.05) is 109 Å². The van der Waals surface area contributed by atoms with E-state index in [1.807, 2.05) is 36.4 Å². The lowest BCUT2D eigenvalue weighted by Crippen LogP contribution is -2.42. The molecular weight excluding hydrogens is 574 g/mol. The number of hydrogen-bond acceptors (Lipinski definition) is 4. The first-order chi connectivity index (χ1) is 22.2. The number of hydrogen-bond donors (Lipinski definition) is 2. The molecule has 4 aromatic carbocycles. The zero-order chi connectivity index (χ0) is 32.5. The molecule has 4 aromatic rings. The molecule has 1 aliphatic heterocycles. The predicted molar refractivity (Wildman–Crippen MR) is 182 cm³/mol. The topological polar surface area (TPSA) is 87.7 Å². The Labute approximate surface area is 272 Å². The highest BCUT2D eigenvalue weighted by atomic mass is 16.6. The predicted octanol–water partition coefficient (Wildman–Crippen LogP) is 6.52. The van der Waals surface area contributed by atoms with Gasteiger partial charge in [0.05, 0.1) is 11.8 Å². The fourth-order valence-electron chi connectivity index (χ4n) is 5.72. The molecule has 0 bridgehead atoms. The van der Waals surface area contributed by atoms with Gasteiger partial charge in [-0.15, -0.1) is 0 Å². The molecule has 1 saturated heterocycles. The fourth-order valence-corrected chi connectivity index (χ4v) is 5.72. The number of likely N-dealkylation sites (tertiary alicyclic amines) is 1. The van der Waals surface area contributed by atoms with E-state index in [1.54, 1.807) is 20.8 Å². The summed E-state index contributed by atoms with van der Waals surface area (Å²) < 4.78 is 5.56. The number of rotatable bonds is 10. The van der Waals surface area contributed by atoms with Gasteiger partial charge < -0.3 is 20.3 Å². The second-order valence-electron chi connectivity index (χ2n) is 12.8. The Morgan fingerprint density at radius 3 is 1.35 bits per heavy atom. The van der Waals surface area contributed by atoms with Crippen molar-refractivity contribution in [3.05, 3.63) is 120 Å². The Morgan fingerprint density at radius 2 is 0.978 bits per heavy atom. The largest absolute Gasteiger partial charge is 0.444 e. The normalized spacial score (nSPS) is 16.1. The number of benzene rings is 4. The van der Waals surface area contributed by atoms with E-state index in [4.69, 9.17) is 4.74 Å². The van der Waals surface area contributed by atoms with Crippen LogP contribution in [0, 0.1) is 11.8 Å². The summed E-state index contributed by atoms with van der Waals surface area (Å²) in [6.07, 6.45) is 0.796. The highest BCUT2D eigenvalue weighted by molar-refractivity contribution is 5.90. The van der Waals surface area contributed by atoms with Gasteiger partial charge in [-0.25, -0.2) is 4.79 Å². The zero-order valence-corrected chi connectivity index (χ0v) is 26.9. The molecule has 238 valence electrons. The summed E-state index contributed by atoms with van der Waals surface area (Å²) in [4.78, 5) is 41.2. The maximum Gasteiger partial charge on any atom is 0.410 e. The fraction of sp³-hybridized carbons (Fsp3) is 0.308. The summed E-state index contributed by atoms with van der Waals surface area (Å²) in [5.74, 6) is -1.80. The van der Waals surface area contributed by atoms with E-state index in [1.165, 1.54) is 4.90 Å². The molecule has 7 nitrogen and oxygen atoms in total. The van der Waals surface area contributed by atoms with E-state index in [9.17, 15) is 14.4 Å². The van der Waals surface area contributed by atoms with Crippen LogP contribution in [-0.2, 0) is 27.2 Å². The summed E-state index contributed by atoms with van der Waals surface area (Å²) in [7, 11) is 0. The average Bonchev–Trinajstić information content (AvgIpc) is 3.52. The van der Waals surface area contributed by atoms with Crippen molar-refractivity contribution >= 4 is 17.9 Å². The molecule has 5 rings (SSSR count). The van der Waals surface area contributed by atoms with Crippen LogP contribution in [0.25, 0.3) is 22.3 Å². The van der Waals surface area contributed by atoms with Crippen LogP contribution >= 0.6 is 0 Å². The van der Waals surface area contributed by atoms with Gasteiger partial charge in [0.15, 0.2) is 0 Å². The quantitative estimate of drug-likeness (QED) is 0.212. The minimum atomic E-state index is -0.679. The number of carbonyl (C=O) groups is 3. The van der Waals surface area contributed by atoms with Crippen molar-refractivity contribution in [2.75, 3.05) is 26.2 Å². The molecule has 2 atom stereocenters. The second-order valence-corrected chi connectivity index (χ2v) is 12.8. The average molecular weight is 618 g/mol. The first-order valence-corrected chi connectivity index (χ1v) is 16.0. The molecule has 1 heterocycles. The molecule has 0 spiro atoms. The van der Waals surface area contributed by atoms with Crippen molar-refractivity contribution < 1.29 is 19.1 Å².